The van der Waals surface area contributed by atoms with E-state index in [1.54, 1.807) is 27.9 Å². The summed E-state index contributed by atoms with van der Waals surface area (Å²) in [6, 6.07) is 4.12. The molecule has 0 spiro atoms. The van der Waals surface area contributed by atoms with E-state index in [0.717, 1.165) is 0 Å². The maximum absolute atomic E-state index is 12.1. The van der Waals surface area contributed by atoms with Crippen LogP contribution in [0.4, 0.5) is 17.1 Å². The molecule has 0 atom stereocenters. The molecule has 1 heterocycles. The van der Waals surface area contributed by atoms with Crippen LogP contribution < -0.4 is 27.6 Å². The van der Waals surface area contributed by atoms with E-state index in [1.807, 2.05) is 7.05 Å². The fourth-order valence-corrected chi connectivity index (χ4v) is 2.04. The lowest BCUT2D eigenvalue weighted by Gasteiger charge is -2.12. The molecule has 0 unspecified atom stereocenters. The molecule has 0 aliphatic carbocycles. The summed E-state index contributed by atoms with van der Waals surface area (Å²) in [4.78, 5) is 22.5. The van der Waals surface area contributed by atoms with Gasteiger partial charge in [0.15, 0.2) is 6.54 Å². The summed E-state index contributed by atoms with van der Waals surface area (Å²) in [6.07, 6.45) is 5.30. The smallest absolute Gasteiger partial charge is 0.271 e. The van der Waals surface area contributed by atoms with Gasteiger partial charge >= 0.3 is 0 Å². The van der Waals surface area contributed by atoms with Crippen LogP contribution in [-0.2, 0) is 18.4 Å². The normalized spacial score (nSPS) is 9.92. The summed E-state index contributed by atoms with van der Waals surface area (Å²) in [5.74, 6) is -0.311. The van der Waals surface area contributed by atoms with Crippen molar-refractivity contribution in [3.63, 3.8) is 0 Å². The fraction of sp³-hybridized carbons (Fsp3) is 0.286. The zero-order chi connectivity index (χ0) is 16.8. The van der Waals surface area contributed by atoms with Gasteiger partial charge in [-0.05, 0) is 6.07 Å². The Balaban J connectivity index is 0.00000288. The SMILES string of the molecule is Cn1cc[n+](CC(=O)Nc2cc([N+](=O)[O-])ccc2NCCO)c1.[Cl-]. The Labute approximate surface area is 144 Å². The zero-order valence-corrected chi connectivity index (χ0v) is 13.7. The Morgan fingerprint density at radius 3 is 2.75 bits per heavy atom. The lowest BCUT2D eigenvalue weighted by Crippen LogP contribution is -3.00. The molecular weight excluding hydrogens is 338 g/mol. The number of hydrogen-bond acceptors (Lipinski definition) is 5. The Morgan fingerprint density at radius 1 is 1.42 bits per heavy atom. The van der Waals surface area contributed by atoms with Crippen LogP contribution in [-0.4, -0.2) is 33.7 Å². The second kappa shape index (κ2) is 8.85. The molecule has 0 saturated heterocycles. The number of benzene rings is 1. The summed E-state index contributed by atoms with van der Waals surface area (Å²) in [5.41, 5.74) is 0.687. The summed E-state index contributed by atoms with van der Waals surface area (Å²) in [7, 11) is 1.84. The zero-order valence-electron chi connectivity index (χ0n) is 13.0. The number of amides is 1. The molecule has 0 saturated carbocycles. The number of nitrogens with zero attached hydrogens (tertiary/aromatic N) is 3. The first-order chi connectivity index (χ1) is 11.0. The third kappa shape index (κ3) is 5.21. The van der Waals surface area contributed by atoms with Crippen molar-refractivity contribution in [1.29, 1.82) is 0 Å². The largest absolute Gasteiger partial charge is 1.00 e. The van der Waals surface area contributed by atoms with Gasteiger partial charge in [-0.3, -0.25) is 14.9 Å². The number of nitro benzene ring substituents is 1. The Morgan fingerprint density at radius 2 is 2.17 bits per heavy atom. The van der Waals surface area contributed by atoms with Crippen molar-refractivity contribution in [1.82, 2.24) is 4.57 Å². The number of aromatic nitrogens is 2. The number of imidazole rings is 1. The molecule has 2 aromatic rings. The minimum atomic E-state index is -0.530. The van der Waals surface area contributed by atoms with E-state index < -0.39 is 4.92 Å². The molecule has 24 heavy (non-hydrogen) atoms. The molecule has 10 heteroatoms. The van der Waals surface area contributed by atoms with E-state index in [9.17, 15) is 14.9 Å². The topological polar surface area (TPSA) is 113 Å². The predicted octanol–water partition coefficient (Wildman–Crippen LogP) is -2.73. The van der Waals surface area contributed by atoms with Gasteiger partial charge < -0.3 is 28.1 Å². The maximum atomic E-state index is 12.1. The summed E-state index contributed by atoms with van der Waals surface area (Å²) in [5, 5.41) is 25.3. The molecule has 0 aliphatic heterocycles. The highest BCUT2D eigenvalue weighted by Gasteiger charge is 2.14. The van der Waals surface area contributed by atoms with Crippen molar-refractivity contribution >= 4 is 23.0 Å². The van der Waals surface area contributed by atoms with Gasteiger partial charge in [-0.2, -0.15) is 0 Å². The highest BCUT2D eigenvalue weighted by Crippen LogP contribution is 2.26. The minimum Gasteiger partial charge on any atom is -1.00 e. The van der Waals surface area contributed by atoms with Crippen molar-refractivity contribution in [2.75, 3.05) is 23.8 Å². The molecule has 1 aromatic heterocycles. The summed E-state index contributed by atoms with van der Waals surface area (Å²) < 4.78 is 3.49. The second-order valence-corrected chi connectivity index (χ2v) is 4.94. The van der Waals surface area contributed by atoms with Gasteiger partial charge in [-0.1, -0.05) is 0 Å². The highest BCUT2D eigenvalue weighted by molar-refractivity contribution is 5.94. The first kappa shape index (κ1) is 19.4. The van der Waals surface area contributed by atoms with Crippen molar-refractivity contribution in [2.45, 2.75) is 6.54 Å². The number of aliphatic hydroxyl groups is 1. The monoisotopic (exact) mass is 355 g/mol. The van der Waals surface area contributed by atoms with Gasteiger partial charge in [0.2, 0.25) is 6.33 Å². The molecule has 0 bridgehead atoms. The number of aliphatic hydroxyl groups excluding tert-OH is 1. The number of hydrogen-bond donors (Lipinski definition) is 3. The number of nitrogens with one attached hydrogen (secondary N) is 2. The minimum absolute atomic E-state index is 0. The number of aryl methyl sites for hydroxylation is 1. The lowest BCUT2D eigenvalue weighted by atomic mass is 10.2. The quantitative estimate of drug-likeness (QED) is 0.283. The van der Waals surface area contributed by atoms with Crippen molar-refractivity contribution < 1.29 is 31.8 Å². The van der Waals surface area contributed by atoms with Crippen LogP contribution in [0.1, 0.15) is 0 Å². The van der Waals surface area contributed by atoms with Crippen LogP contribution in [0, 0.1) is 10.1 Å². The lowest BCUT2D eigenvalue weighted by molar-refractivity contribution is -0.683. The number of carbonyl (C=O) groups is 1. The van der Waals surface area contributed by atoms with Crippen LogP contribution in [0.15, 0.2) is 36.9 Å². The summed E-state index contributed by atoms with van der Waals surface area (Å²) >= 11 is 0. The molecular formula is C14H18ClN5O4. The predicted molar refractivity (Wildman–Crippen MR) is 82.9 cm³/mol. The molecule has 3 N–H and O–H groups in total. The number of non-ortho nitro benzene ring substituents is 1. The number of rotatable bonds is 7. The van der Waals surface area contributed by atoms with Crippen LogP contribution in [0.2, 0.25) is 0 Å². The molecule has 0 fully saturated rings. The fourth-order valence-electron chi connectivity index (χ4n) is 2.04. The number of halogens is 1. The Bertz CT molecular complexity index is 719. The van der Waals surface area contributed by atoms with Crippen LogP contribution in [0.25, 0.3) is 0 Å². The van der Waals surface area contributed by atoms with E-state index >= 15 is 0 Å². The third-order valence-corrected chi connectivity index (χ3v) is 3.07. The standard InChI is InChI=1S/C14H17N5O4.ClH/c1-17-5-6-18(10-17)9-14(21)16-13-8-11(19(22)23)2-3-12(13)15-4-7-20;/h2-3,5-6,8,10,15,20H,4,7,9H2,1H3;1H. The molecule has 2 rings (SSSR count). The Hall–Kier alpha value is -2.65. The number of anilines is 2. The molecule has 0 radical (unpaired) electrons. The third-order valence-electron chi connectivity index (χ3n) is 3.07. The Kier molecular flexibility index (Phi) is 7.15. The van der Waals surface area contributed by atoms with Gasteiger partial charge in [0, 0.05) is 18.7 Å². The van der Waals surface area contributed by atoms with E-state index in [0.29, 0.717) is 11.4 Å². The average Bonchev–Trinajstić information content (AvgIpc) is 2.90. The van der Waals surface area contributed by atoms with Crippen molar-refractivity contribution in [3.8, 4) is 0 Å². The van der Waals surface area contributed by atoms with E-state index in [2.05, 4.69) is 10.6 Å². The van der Waals surface area contributed by atoms with Crippen molar-refractivity contribution in [3.05, 3.63) is 47.0 Å². The second-order valence-electron chi connectivity index (χ2n) is 4.94. The molecule has 1 amide bonds. The van der Waals surface area contributed by atoms with Crippen LogP contribution in [0.5, 0.6) is 0 Å². The highest BCUT2D eigenvalue weighted by atomic mass is 35.5. The van der Waals surface area contributed by atoms with E-state index in [-0.39, 0.29) is 43.7 Å². The average molecular weight is 356 g/mol. The molecule has 1 aromatic carbocycles. The van der Waals surface area contributed by atoms with Crippen LogP contribution >= 0.6 is 0 Å². The van der Waals surface area contributed by atoms with E-state index in [1.165, 1.54) is 18.2 Å². The van der Waals surface area contributed by atoms with Crippen LogP contribution in [0.3, 0.4) is 0 Å². The molecule has 0 aliphatic rings. The number of nitro groups is 1. The molecule has 9 nitrogen and oxygen atoms in total. The van der Waals surface area contributed by atoms with Crippen molar-refractivity contribution in [2.24, 2.45) is 7.05 Å². The van der Waals surface area contributed by atoms with Gasteiger partial charge in [-0.15, -0.1) is 0 Å². The number of carbonyl (C=O) groups excluding carboxylic acids is 1. The summed E-state index contributed by atoms with van der Waals surface area (Å²) in [6.45, 7) is 0.265. The van der Waals surface area contributed by atoms with E-state index in [4.69, 9.17) is 5.11 Å². The first-order valence-corrected chi connectivity index (χ1v) is 6.93. The van der Waals surface area contributed by atoms with Gasteiger partial charge in [0.05, 0.1) is 30.0 Å². The van der Waals surface area contributed by atoms with Gasteiger partial charge in [0.25, 0.3) is 11.6 Å². The first-order valence-electron chi connectivity index (χ1n) is 6.93. The van der Waals surface area contributed by atoms with Gasteiger partial charge in [0.1, 0.15) is 12.4 Å². The maximum Gasteiger partial charge on any atom is 0.271 e. The van der Waals surface area contributed by atoms with Gasteiger partial charge in [-0.25, -0.2) is 9.13 Å². The molecule has 130 valence electrons.